The molecule has 0 aliphatic heterocycles. The number of carbonyl (C=O) groups excluding carboxylic acids is 3. The van der Waals surface area contributed by atoms with Gasteiger partial charge in [0.2, 0.25) is 11.8 Å². The summed E-state index contributed by atoms with van der Waals surface area (Å²) in [5.41, 5.74) is 1.98. The molecular formula is C18H27N3O4. The van der Waals surface area contributed by atoms with Gasteiger partial charge in [-0.3, -0.25) is 9.59 Å². The zero-order valence-corrected chi connectivity index (χ0v) is 15.4. The normalized spacial score (nSPS) is 11.6. The van der Waals surface area contributed by atoms with Crippen molar-refractivity contribution >= 4 is 29.3 Å². The van der Waals surface area contributed by atoms with Gasteiger partial charge in [0, 0.05) is 17.8 Å². The molecule has 0 aromatic heterocycles. The monoisotopic (exact) mass is 349 g/mol. The Morgan fingerprint density at radius 1 is 1.12 bits per heavy atom. The first-order valence-electron chi connectivity index (χ1n) is 8.33. The maximum Gasteiger partial charge on any atom is 0.407 e. The molecule has 0 aliphatic rings. The molecule has 0 radical (unpaired) electrons. The molecule has 0 spiro atoms. The number of anilines is 2. The number of amides is 3. The van der Waals surface area contributed by atoms with Gasteiger partial charge in [-0.1, -0.05) is 26.8 Å². The summed E-state index contributed by atoms with van der Waals surface area (Å²) in [5.74, 6) is -0.220. The first-order chi connectivity index (χ1) is 11.8. The van der Waals surface area contributed by atoms with Crippen molar-refractivity contribution in [2.24, 2.45) is 5.92 Å². The van der Waals surface area contributed by atoms with Crippen molar-refractivity contribution in [2.45, 2.75) is 46.6 Å². The molecule has 3 amide bonds. The van der Waals surface area contributed by atoms with Gasteiger partial charge < -0.3 is 20.7 Å². The molecule has 138 valence electrons. The Morgan fingerprint density at radius 3 is 2.24 bits per heavy atom. The maximum atomic E-state index is 12.6. The van der Waals surface area contributed by atoms with Crippen molar-refractivity contribution in [3.8, 4) is 0 Å². The number of benzene rings is 1. The quantitative estimate of drug-likeness (QED) is 0.705. The van der Waals surface area contributed by atoms with Gasteiger partial charge in [-0.05, 0) is 37.0 Å². The summed E-state index contributed by atoms with van der Waals surface area (Å²) in [4.78, 5) is 35.6. The summed E-state index contributed by atoms with van der Waals surface area (Å²) in [6.07, 6.45) is 0.198. The Bertz CT molecular complexity index is 629. The van der Waals surface area contributed by atoms with Crippen molar-refractivity contribution < 1.29 is 19.1 Å². The van der Waals surface area contributed by atoms with Crippen LogP contribution in [-0.2, 0) is 14.3 Å². The molecule has 1 rings (SSSR count). The molecule has 0 heterocycles. The van der Waals surface area contributed by atoms with E-state index in [9.17, 15) is 14.4 Å². The SMILES string of the molecule is CCC(=O)Nc1cccc(NC(=O)C(CC(C)C)NC(=O)OC)c1C. The second-order valence-electron chi connectivity index (χ2n) is 6.19. The van der Waals surface area contributed by atoms with Gasteiger partial charge in [0.1, 0.15) is 6.04 Å². The highest BCUT2D eigenvalue weighted by Crippen LogP contribution is 2.24. The van der Waals surface area contributed by atoms with E-state index in [-0.39, 0.29) is 17.7 Å². The Labute approximate surface area is 148 Å². The molecule has 1 unspecified atom stereocenters. The third-order valence-electron chi connectivity index (χ3n) is 3.69. The highest BCUT2D eigenvalue weighted by Gasteiger charge is 2.23. The number of hydrogen-bond acceptors (Lipinski definition) is 4. The molecule has 7 nitrogen and oxygen atoms in total. The number of ether oxygens (including phenoxy) is 1. The summed E-state index contributed by atoms with van der Waals surface area (Å²) < 4.78 is 4.58. The van der Waals surface area contributed by atoms with Crippen LogP contribution >= 0.6 is 0 Å². The lowest BCUT2D eigenvalue weighted by molar-refractivity contribution is -0.118. The molecule has 0 saturated heterocycles. The van der Waals surface area contributed by atoms with Gasteiger partial charge in [0.05, 0.1) is 7.11 Å². The van der Waals surface area contributed by atoms with Crippen LogP contribution in [0.2, 0.25) is 0 Å². The Morgan fingerprint density at radius 2 is 1.72 bits per heavy atom. The summed E-state index contributed by atoms with van der Waals surface area (Å²) in [6.45, 7) is 7.51. The molecule has 25 heavy (non-hydrogen) atoms. The molecule has 3 N–H and O–H groups in total. The van der Waals surface area contributed by atoms with Gasteiger partial charge in [-0.25, -0.2) is 4.79 Å². The van der Waals surface area contributed by atoms with Gasteiger partial charge >= 0.3 is 6.09 Å². The van der Waals surface area contributed by atoms with E-state index in [0.29, 0.717) is 24.2 Å². The van der Waals surface area contributed by atoms with Crippen LogP contribution < -0.4 is 16.0 Å². The van der Waals surface area contributed by atoms with Gasteiger partial charge in [-0.2, -0.15) is 0 Å². The van der Waals surface area contributed by atoms with E-state index < -0.39 is 12.1 Å². The van der Waals surface area contributed by atoms with Crippen LogP contribution in [0.4, 0.5) is 16.2 Å². The number of alkyl carbamates (subject to hydrolysis) is 1. The van der Waals surface area contributed by atoms with E-state index in [0.717, 1.165) is 5.56 Å². The smallest absolute Gasteiger partial charge is 0.407 e. The molecule has 7 heteroatoms. The van der Waals surface area contributed by atoms with Gasteiger partial charge in [0.15, 0.2) is 0 Å². The van der Waals surface area contributed by atoms with E-state index in [2.05, 4.69) is 20.7 Å². The average Bonchev–Trinajstić information content (AvgIpc) is 2.56. The van der Waals surface area contributed by atoms with E-state index in [1.54, 1.807) is 25.1 Å². The van der Waals surface area contributed by atoms with Gasteiger partial charge in [0.25, 0.3) is 0 Å². The lowest BCUT2D eigenvalue weighted by Gasteiger charge is -2.20. The molecule has 1 atom stereocenters. The van der Waals surface area contributed by atoms with E-state index >= 15 is 0 Å². The zero-order valence-electron chi connectivity index (χ0n) is 15.4. The highest BCUT2D eigenvalue weighted by molar-refractivity contribution is 5.99. The van der Waals surface area contributed by atoms with E-state index in [4.69, 9.17) is 0 Å². The van der Waals surface area contributed by atoms with Crippen molar-refractivity contribution in [1.29, 1.82) is 0 Å². The van der Waals surface area contributed by atoms with Crippen molar-refractivity contribution in [3.05, 3.63) is 23.8 Å². The maximum absolute atomic E-state index is 12.6. The zero-order chi connectivity index (χ0) is 19.0. The van der Waals surface area contributed by atoms with Crippen LogP contribution in [-0.4, -0.2) is 31.1 Å². The first kappa shape index (κ1) is 20.5. The predicted molar refractivity (Wildman–Crippen MR) is 97.5 cm³/mol. The average molecular weight is 349 g/mol. The number of hydrogen-bond donors (Lipinski definition) is 3. The fourth-order valence-corrected chi connectivity index (χ4v) is 2.27. The van der Waals surface area contributed by atoms with Crippen molar-refractivity contribution in [1.82, 2.24) is 5.32 Å². The standard InChI is InChI=1S/C18H27N3O4/c1-6-16(22)19-13-8-7-9-14(12(13)4)20-17(23)15(10-11(2)3)21-18(24)25-5/h7-9,11,15H,6,10H2,1-5H3,(H,19,22)(H,20,23)(H,21,24). The Kier molecular flexibility index (Phi) is 7.91. The fraction of sp³-hybridized carbons (Fsp3) is 0.500. The van der Waals surface area contributed by atoms with Crippen molar-refractivity contribution in [2.75, 3.05) is 17.7 Å². The lowest BCUT2D eigenvalue weighted by atomic mass is 10.0. The predicted octanol–water partition coefficient (Wildman–Crippen LogP) is 3.05. The minimum absolute atomic E-state index is 0.100. The molecule has 1 aromatic rings. The highest BCUT2D eigenvalue weighted by atomic mass is 16.5. The lowest BCUT2D eigenvalue weighted by Crippen LogP contribution is -2.44. The Hall–Kier alpha value is -2.57. The number of methoxy groups -OCH3 is 1. The third kappa shape index (κ3) is 6.45. The summed E-state index contributed by atoms with van der Waals surface area (Å²) in [5, 5.41) is 8.16. The first-order valence-corrected chi connectivity index (χ1v) is 8.33. The summed E-state index contributed by atoms with van der Waals surface area (Å²) in [6, 6.07) is 4.57. The van der Waals surface area contributed by atoms with Crippen LogP contribution in [0.5, 0.6) is 0 Å². The minimum atomic E-state index is -0.708. The third-order valence-corrected chi connectivity index (χ3v) is 3.69. The summed E-state index contributed by atoms with van der Waals surface area (Å²) in [7, 11) is 1.25. The molecular weight excluding hydrogens is 322 g/mol. The second-order valence-corrected chi connectivity index (χ2v) is 6.19. The number of carbonyl (C=O) groups is 3. The molecule has 0 saturated carbocycles. The topological polar surface area (TPSA) is 96.5 Å². The van der Waals surface area contributed by atoms with Crippen LogP contribution in [0, 0.1) is 12.8 Å². The second kappa shape index (κ2) is 9.66. The van der Waals surface area contributed by atoms with Crippen LogP contribution in [0.1, 0.15) is 39.2 Å². The summed E-state index contributed by atoms with van der Waals surface area (Å²) >= 11 is 0. The Balaban J connectivity index is 2.93. The fourth-order valence-electron chi connectivity index (χ4n) is 2.27. The van der Waals surface area contributed by atoms with Crippen LogP contribution in [0.3, 0.4) is 0 Å². The minimum Gasteiger partial charge on any atom is -0.453 e. The van der Waals surface area contributed by atoms with Crippen LogP contribution in [0.15, 0.2) is 18.2 Å². The molecule has 0 fully saturated rings. The van der Waals surface area contributed by atoms with Crippen molar-refractivity contribution in [3.63, 3.8) is 0 Å². The van der Waals surface area contributed by atoms with Gasteiger partial charge in [-0.15, -0.1) is 0 Å². The number of rotatable bonds is 7. The number of nitrogens with one attached hydrogen (secondary N) is 3. The molecule has 1 aromatic carbocycles. The van der Waals surface area contributed by atoms with E-state index in [1.165, 1.54) is 7.11 Å². The van der Waals surface area contributed by atoms with E-state index in [1.807, 2.05) is 20.8 Å². The van der Waals surface area contributed by atoms with Crippen LogP contribution in [0.25, 0.3) is 0 Å². The molecule has 0 aliphatic carbocycles. The molecule has 0 bridgehead atoms. The largest absolute Gasteiger partial charge is 0.453 e.